The number of hydrogen-bond donors (Lipinski definition) is 0. The summed E-state index contributed by atoms with van der Waals surface area (Å²) in [7, 11) is 0. The van der Waals surface area contributed by atoms with E-state index in [-0.39, 0.29) is 17.8 Å². The molecule has 6 nitrogen and oxygen atoms in total. The summed E-state index contributed by atoms with van der Waals surface area (Å²) >= 11 is 0. The molecule has 1 amide bonds. The molecule has 0 radical (unpaired) electrons. The highest BCUT2D eigenvalue weighted by atomic mass is 16.5. The van der Waals surface area contributed by atoms with Crippen LogP contribution in [-0.4, -0.2) is 54.5 Å². The van der Waals surface area contributed by atoms with Crippen molar-refractivity contribution >= 4 is 17.7 Å². The first-order chi connectivity index (χ1) is 12.6. The number of carbonyl (C=O) groups excluding carboxylic acids is 2. The van der Waals surface area contributed by atoms with Crippen LogP contribution in [0.3, 0.4) is 0 Å². The average molecular weight is 361 g/mol. The predicted molar refractivity (Wildman–Crippen MR) is 102 cm³/mol. The molecule has 1 saturated heterocycles. The second-order valence-electron chi connectivity index (χ2n) is 6.60. The zero-order valence-corrected chi connectivity index (χ0v) is 16.2. The molecule has 0 spiro atoms. The first-order valence-electron chi connectivity index (χ1n) is 9.73. The maximum Gasteiger partial charge on any atom is 0.309 e. The molecule has 2 rings (SSSR count). The largest absolute Gasteiger partial charge is 0.466 e. The van der Waals surface area contributed by atoms with Crippen LogP contribution in [0, 0.1) is 5.92 Å². The number of amides is 1. The minimum Gasteiger partial charge on any atom is -0.466 e. The number of piperidine rings is 1. The van der Waals surface area contributed by atoms with E-state index < -0.39 is 0 Å². The van der Waals surface area contributed by atoms with Crippen molar-refractivity contribution in [1.82, 2.24) is 9.88 Å². The molecule has 1 aromatic heterocycles. The molecule has 1 aliphatic heterocycles. The number of carbonyl (C=O) groups is 2. The van der Waals surface area contributed by atoms with Gasteiger partial charge in [0.25, 0.3) is 0 Å². The van der Waals surface area contributed by atoms with Gasteiger partial charge in [-0.1, -0.05) is 0 Å². The molecular weight excluding hydrogens is 330 g/mol. The second kappa shape index (κ2) is 10.1. The fourth-order valence-electron chi connectivity index (χ4n) is 3.37. The maximum absolute atomic E-state index is 12.5. The van der Waals surface area contributed by atoms with Gasteiger partial charge in [0, 0.05) is 38.8 Å². The molecule has 26 heavy (non-hydrogen) atoms. The fourth-order valence-corrected chi connectivity index (χ4v) is 3.37. The van der Waals surface area contributed by atoms with Crippen LogP contribution in [0.25, 0.3) is 0 Å². The molecule has 6 heteroatoms. The van der Waals surface area contributed by atoms with Gasteiger partial charge in [-0.15, -0.1) is 0 Å². The zero-order valence-electron chi connectivity index (χ0n) is 16.2. The van der Waals surface area contributed by atoms with E-state index in [4.69, 9.17) is 4.74 Å². The number of anilines is 1. The molecule has 0 N–H and O–H groups in total. The first-order valence-corrected chi connectivity index (χ1v) is 9.73. The van der Waals surface area contributed by atoms with Crippen molar-refractivity contribution in [2.24, 2.45) is 5.92 Å². The zero-order chi connectivity index (χ0) is 18.9. The fraction of sp³-hybridized carbons (Fsp3) is 0.650. The molecular formula is C20H31N3O3. The van der Waals surface area contributed by atoms with E-state index in [0.29, 0.717) is 45.4 Å². The molecule has 0 aromatic carbocycles. The smallest absolute Gasteiger partial charge is 0.309 e. The van der Waals surface area contributed by atoms with Gasteiger partial charge in [-0.05, 0) is 57.7 Å². The lowest BCUT2D eigenvalue weighted by Gasteiger charge is -2.31. The Labute approximate surface area is 156 Å². The van der Waals surface area contributed by atoms with E-state index in [1.165, 1.54) is 0 Å². The number of esters is 1. The van der Waals surface area contributed by atoms with E-state index in [2.05, 4.69) is 29.8 Å². The third kappa shape index (κ3) is 5.44. The third-order valence-corrected chi connectivity index (χ3v) is 4.99. The summed E-state index contributed by atoms with van der Waals surface area (Å²) in [4.78, 5) is 32.8. The Kier molecular flexibility index (Phi) is 7.88. The second-order valence-corrected chi connectivity index (χ2v) is 6.60. The van der Waals surface area contributed by atoms with Crippen LogP contribution in [-0.2, 0) is 20.7 Å². The topological polar surface area (TPSA) is 62.7 Å². The standard InChI is InChI=1S/C20H31N3O3/c1-4-22(5-2)18-15-16(9-12-21-18)7-8-19(24)23-13-10-17(11-14-23)20(25)26-6-3/h9,12,15,17H,4-8,10-11,13-14H2,1-3H3. The Hall–Kier alpha value is -2.11. The van der Waals surface area contributed by atoms with E-state index >= 15 is 0 Å². The number of nitrogens with zero attached hydrogens (tertiary/aromatic N) is 3. The van der Waals surface area contributed by atoms with Crippen molar-refractivity contribution < 1.29 is 14.3 Å². The lowest BCUT2D eigenvalue weighted by atomic mass is 9.96. The molecule has 0 saturated carbocycles. The highest BCUT2D eigenvalue weighted by molar-refractivity contribution is 5.77. The first kappa shape index (κ1) is 20.2. The Bertz CT molecular complexity index is 594. The van der Waals surface area contributed by atoms with E-state index in [9.17, 15) is 9.59 Å². The molecule has 0 bridgehead atoms. The van der Waals surface area contributed by atoms with Crippen molar-refractivity contribution in [1.29, 1.82) is 0 Å². The molecule has 2 heterocycles. The van der Waals surface area contributed by atoms with E-state index in [1.54, 1.807) is 0 Å². The summed E-state index contributed by atoms with van der Waals surface area (Å²) in [5.74, 6) is 0.944. The van der Waals surface area contributed by atoms with Crippen molar-refractivity contribution in [3.8, 4) is 0 Å². The number of aromatic nitrogens is 1. The number of likely N-dealkylation sites (tertiary alicyclic amines) is 1. The number of pyridine rings is 1. The van der Waals surface area contributed by atoms with E-state index in [1.807, 2.05) is 24.1 Å². The van der Waals surface area contributed by atoms with Gasteiger partial charge in [0.2, 0.25) is 5.91 Å². The Morgan fingerprint density at radius 2 is 1.92 bits per heavy atom. The van der Waals surface area contributed by atoms with Gasteiger partial charge < -0.3 is 14.5 Å². The van der Waals surface area contributed by atoms with Crippen LogP contribution in [0.1, 0.15) is 45.6 Å². The average Bonchev–Trinajstić information content (AvgIpc) is 2.68. The van der Waals surface area contributed by atoms with Crippen molar-refractivity contribution in [2.75, 3.05) is 37.7 Å². The maximum atomic E-state index is 12.5. The van der Waals surface area contributed by atoms with Crippen LogP contribution >= 0.6 is 0 Å². The lowest BCUT2D eigenvalue weighted by molar-refractivity contribution is -0.151. The highest BCUT2D eigenvalue weighted by Crippen LogP contribution is 2.20. The number of hydrogen-bond acceptors (Lipinski definition) is 5. The Balaban J connectivity index is 1.82. The van der Waals surface area contributed by atoms with Gasteiger partial charge >= 0.3 is 5.97 Å². The summed E-state index contributed by atoms with van der Waals surface area (Å²) in [6, 6.07) is 4.06. The molecule has 0 unspecified atom stereocenters. The van der Waals surface area contributed by atoms with Gasteiger partial charge in [0.1, 0.15) is 5.82 Å². The van der Waals surface area contributed by atoms with Crippen LogP contribution in [0.2, 0.25) is 0 Å². The Morgan fingerprint density at radius 1 is 1.23 bits per heavy atom. The monoisotopic (exact) mass is 361 g/mol. The minimum absolute atomic E-state index is 0.0594. The summed E-state index contributed by atoms with van der Waals surface area (Å²) in [5.41, 5.74) is 1.14. The van der Waals surface area contributed by atoms with Gasteiger partial charge in [-0.3, -0.25) is 9.59 Å². The molecule has 0 aliphatic carbocycles. The predicted octanol–water partition coefficient (Wildman–Crippen LogP) is 2.66. The number of rotatable bonds is 8. The molecule has 0 atom stereocenters. The van der Waals surface area contributed by atoms with Crippen molar-refractivity contribution in [2.45, 2.75) is 46.5 Å². The third-order valence-electron chi connectivity index (χ3n) is 4.99. The van der Waals surface area contributed by atoms with Crippen molar-refractivity contribution in [3.63, 3.8) is 0 Å². The summed E-state index contributed by atoms with van der Waals surface area (Å²) in [6.07, 6.45) is 4.43. The van der Waals surface area contributed by atoms with Gasteiger partial charge in [-0.25, -0.2) is 4.98 Å². The summed E-state index contributed by atoms with van der Waals surface area (Å²) in [5, 5.41) is 0. The quantitative estimate of drug-likeness (QED) is 0.666. The summed E-state index contributed by atoms with van der Waals surface area (Å²) < 4.78 is 5.08. The van der Waals surface area contributed by atoms with E-state index in [0.717, 1.165) is 24.5 Å². The molecule has 1 aliphatic rings. The Morgan fingerprint density at radius 3 is 2.54 bits per heavy atom. The minimum atomic E-state index is -0.125. The molecule has 144 valence electrons. The molecule has 1 aromatic rings. The van der Waals surface area contributed by atoms with Crippen LogP contribution < -0.4 is 4.90 Å². The van der Waals surface area contributed by atoms with Crippen LogP contribution in [0.4, 0.5) is 5.82 Å². The van der Waals surface area contributed by atoms with Crippen LogP contribution in [0.5, 0.6) is 0 Å². The van der Waals surface area contributed by atoms with Crippen molar-refractivity contribution in [3.05, 3.63) is 23.9 Å². The SMILES string of the molecule is CCOC(=O)C1CCN(C(=O)CCc2ccnc(N(CC)CC)c2)CC1. The van der Waals surface area contributed by atoms with Gasteiger partial charge in [0.05, 0.1) is 12.5 Å². The normalized spacial score (nSPS) is 15.0. The number of aryl methyl sites for hydroxylation is 1. The summed E-state index contributed by atoms with van der Waals surface area (Å²) in [6.45, 7) is 9.58. The van der Waals surface area contributed by atoms with Crippen LogP contribution in [0.15, 0.2) is 18.3 Å². The highest BCUT2D eigenvalue weighted by Gasteiger charge is 2.27. The number of ether oxygens (including phenoxy) is 1. The van der Waals surface area contributed by atoms with Gasteiger partial charge in [0.15, 0.2) is 0 Å². The lowest BCUT2D eigenvalue weighted by Crippen LogP contribution is -2.40. The van der Waals surface area contributed by atoms with Gasteiger partial charge in [-0.2, -0.15) is 0 Å². The molecule has 1 fully saturated rings.